The lowest BCUT2D eigenvalue weighted by molar-refractivity contribution is -0.384. The molecular formula is C21H21N3O4. The van der Waals surface area contributed by atoms with E-state index in [1.54, 1.807) is 18.7 Å². The minimum Gasteiger partial charge on any atom is -0.337 e. The molecule has 1 aliphatic heterocycles. The first-order valence-electron chi connectivity index (χ1n) is 9.06. The first kappa shape index (κ1) is 19.3. The molecule has 0 saturated heterocycles. The van der Waals surface area contributed by atoms with Crippen LogP contribution in [-0.2, 0) is 9.59 Å². The molecule has 0 unspecified atom stereocenters. The quantitative estimate of drug-likeness (QED) is 0.435. The first-order valence-corrected chi connectivity index (χ1v) is 9.06. The SMILES string of the molecule is CCN(C1=C(c2ccc([N+](=O)[O-])cc2)C(=O)N(C(C)C)C1=O)c1ccccc1. The third-order valence-corrected chi connectivity index (χ3v) is 4.63. The Kier molecular flexibility index (Phi) is 5.26. The molecule has 0 N–H and O–H groups in total. The number of likely N-dealkylation sites (N-methyl/N-ethyl adjacent to an activating group) is 1. The summed E-state index contributed by atoms with van der Waals surface area (Å²) in [7, 11) is 0. The number of nitro benzene ring substituents is 1. The lowest BCUT2D eigenvalue weighted by Gasteiger charge is -2.25. The molecule has 2 aromatic carbocycles. The molecule has 7 heteroatoms. The van der Waals surface area contributed by atoms with Gasteiger partial charge in [-0.1, -0.05) is 18.2 Å². The predicted molar refractivity (Wildman–Crippen MR) is 106 cm³/mol. The van der Waals surface area contributed by atoms with Crippen LogP contribution in [0.5, 0.6) is 0 Å². The third kappa shape index (κ3) is 3.26. The maximum absolute atomic E-state index is 13.2. The van der Waals surface area contributed by atoms with Gasteiger partial charge in [-0.2, -0.15) is 0 Å². The number of hydrogen-bond acceptors (Lipinski definition) is 5. The third-order valence-electron chi connectivity index (χ3n) is 4.63. The van der Waals surface area contributed by atoms with Gasteiger partial charge in [0.25, 0.3) is 17.5 Å². The molecule has 0 aliphatic carbocycles. The number of carbonyl (C=O) groups excluding carboxylic acids is 2. The van der Waals surface area contributed by atoms with Gasteiger partial charge in [-0.05, 0) is 50.6 Å². The molecule has 0 radical (unpaired) electrons. The molecule has 3 rings (SSSR count). The normalized spacial score (nSPS) is 14.2. The van der Waals surface area contributed by atoms with Crippen molar-refractivity contribution in [2.75, 3.05) is 11.4 Å². The fraction of sp³-hybridized carbons (Fsp3) is 0.238. The highest BCUT2D eigenvalue weighted by Gasteiger charge is 2.42. The number of hydrogen-bond donors (Lipinski definition) is 0. The summed E-state index contributed by atoms with van der Waals surface area (Å²) < 4.78 is 0. The average Bonchev–Trinajstić information content (AvgIpc) is 2.94. The van der Waals surface area contributed by atoms with E-state index in [1.165, 1.54) is 29.2 Å². The number of rotatable bonds is 6. The van der Waals surface area contributed by atoms with E-state index < -0.39 is 10.8 Å². The van der Waals surface area contributed by atoms with Gasteiger partial charge in [0.1, 0.15) is 5.70 Å². The Morgan fingerprint density at radius 1 is 1.00 bits per heavy atom. The summed E-state index contributed by atoms with van der Waals surface area (Å²) in [6.45, 7) is 5.96. The molecule has 0 bridgehead atoms. The van der Waals surface area contributed by atoms with Crippen molar-refractivity contribution in [1.29, 1.82) is 0 Å². The van der Waals surface area contributed by atoms with E-state index in [1.807, 2.05) is 37.3 Å². The van der Waals surface area contributed by atoms with Gasteiger partial charge in [0.15, 0.2) is 0 Å². The molecule has 0 aromatic heterocycles. The lowest BCUT2D eigenvalue weighted by Crippen LogP contribution is -2.39. The van der Waals surface area contributed by atoms with Gasteiger partial charge in [0, 0.05) is 30.4 Å². The predicted octanol–water partition coefficient (Wildman–Crippen LogP) is 3.61. The second kappa shape index (κ2) is 7.64. The number of para-hydroxylation sites is 1. The molecule has 144 valence electrons. The zero-order chi connectivity index (χ0) is 20.4. The van der Waals surface area contributed by atoms with Gasteiger partial charge in [0.05, 0.1) is 10.5 Å². The second-order valence-electron chi connectivity index (χ2n) is 6.68. The zero-order valence-electron chi connectivity index (χ0n) is 16.0. The van der Waals surface area contributed by atoms with Crippen LogP contribution in [0.1, 0.15) is 26.3 Å². The summed E-state index contributed by atoms with van der Waals surface area (Å²) in [5.41, 5.74) is 1.77. The molecule has 28 heavy (non-hydrogen) atoms. The first-order chi connectivity index (χ1) is 13.4. The van der Waals surface area contributed by atoms with Crippen LogP contribution in [-0.4, -0.2) is 34.2 Å². The van der Waals surface area contributed by atoms with E-state index in [0.717, 1.165) is 5.69 Å². The van der Waals surface area contributed by atoms with Crippen molar-refractivity contribution in [3.63, 3.8) is 0 Å². The minimum atomic E-state index is -0.497. The summed E-state index contributed by atoms with van der Waals surface area (Å²) in [5.74, 6) is -0.753. The van der Waals surface area contributed by atoms with Crippen molar-refractivity contribution in [1.82, 2.24) is 4.90 Å². The number of carbonyl (C=O) groups is 2. The molecule has 0 atom stereocenters. The van der Waals surface area contributed by atoms with Crippen molar-refractivity contribution in [2.45, 2.75) is 26.8 Å². The van der Waals surface area contributed by atoms with E-state index in [-0.39, 0.29) is 23.2 Å². The minimum absolute atomic E-state index is 0.0706. The molecular weight excluding hydrogens is 358 g/mol. The monoisotopic (exact) mass is 379 g/mol. The Hall–Kier alpha value is -3.48. The Bertz CT molecular complexity index is 949. The Morgan fingerprint density at radius 2 is 1.61 bits per heavy atom. The topological polar surface area (TPSA) is 83.8 Å². The average molecular weight is 379 g/mol. The maximum Gasteiger partial charge on any atom is 0.278 e. The number of non-ortho nitro benzene ring substituents is 1. The standard InChI is InChI=1S/C21H21N3O4/c1-4-22(16-8-6-5-7-9-16)19-18(20(25)23(14(2)3)21(19)26)15-10-12-17(13-11-15)24(27)28/h5-14H,4H2,1-3H3. The van der Waals surface area contributed by atoms with Crippen LogP contribution in [0.3, 0.4) is 0 Å². The van der Waals surface area contributed by atoms with Gasteiger partial charge >= 0.3 is 0 Å². The highest BCUT2D eigenvalue weighted by Crippen LogP contribution is 2.35. The summed E-state index contributed by atoms with van der Waals surface area (Å²) in [6.07, 6.45) is 0. The molecule has 1 heterocycles. The Morgan fingerprint density at radius 3 is 2.11 bits per heavy atom. The summed E-state index contributed by atoms with van der Waals surface area (Å²) >= 11 is 0. The van der Waals surface area contributed by atoms with Crippen LogP contribution in [0.4, 0.5) is 11.4 Å². The van der Waals surface area contributed by atoms with Crippen LogP contribution in [0.2, 0.25) is 0 Å². The molecule has 0 spiro atoms. The van der Waals surface area contributed by atoms with Gasteiger partial charge in [-0.25, -0.2) is 0 Å². The van der Waals surface area contributed by atoms with Crippen molar-refractivity contribution in [3.8, 4) is 0 Å². The Labute approximate surface area is 163 Å². The van der Waals surface area contributed by atoms with Crippen LogP contribution < -0.4 is 4.90 Å². The molecule has 0 saturated carbocycles. The van der Waals surface area contributed by atoms with Crippen LogP contribution in [0.25, 0.3) is 5.57 Å². The van der Waals surface area contributed by atoms with Gasteiger partial charge in [-0.15, -0.1) is 0 Å². The summed E-state index contributed by atoms with van der Waals surface area (Å²) in [6, 6.07) is 14.8. The smallest absolute Gasteiger partial charge is 0.278 e. The molecule has 2 aromatic rings. The molecule has 0 fully saturated rings. The number of nitro groups is 1. The fourth-order valence-electron chi connectivity index (χ4n) is 3.34. The van der Waals surface area contributed by atoms with Gasteiger partial charge < -0.3 is 4.90 Å². The Balaban J connectivity index is 2.19. The number of nitrogens with zero attached hydrogens (tertiary/aromatic N) is 3. The van der Waals surface area contributed by atoms with Crippen LogP contribution in [0.15, 0.2) is 60.3 Å². The number of amides is 2. The largest absolute Gasteiger partial charge is 0.337 e. The van der Waals surface area contributed by atoms with E-state index in [4.69, 9.17) is 0 Å². The number of benzene rings is 2. The molecule has 1 aliphatic rings. The van der Waals surface area contributed by atoms with E-state index in [9.17, 15) is 19.7 Å². The summed E-state index contributed by atoms with van der Waals surface area (Å²) in [4.78, 5) is 39.8. The second-order valence-corrected chi connectivity index (χ2v) is 6.68. The van der Waals surface area contributed by atoms with E-state index in [0.29, 0.717) is 17.8 Å². The van der Waals surface area contributed by atoms with Crippen molar-refractivity contribution in [3.05, 3.63) is 76.0 Å². The number of imide groups is 1. The zero-order valence-corrected chi connectivity index (χ0v) is 16.0. The van der Waals surface area contributed by atoms with Crippen LogP contribution in [0, 0.1) is 10.1 Å². The van der Waals surface area contributed by atoms with Gasteiger partial charge in [0.2, 0.25) is 0 Å². The lowest BCUT2D eigenvalue weighted by atomic mass is 10.0. The molecule has 7 nitrogen and oxygen atoms in total. The summed E-state index contributed by atoms with van der Waals surface area (Å²) in [5, 5.41) is 11.0. The number of anilines is 1. The van der Waals surface area contributed by atoms with Gasteiger partial charge in [-0.3, -0.25) is 24.6 Å². The fourth-order valence-corrected chi connectivity index (χ4v) is 3.34. The van der Waals surface area contributed by atoms with E-state index >= 15 is 0 Å². The maximum atomic E-state index is 13.2. The van der Waals surface area contributed by atoms with Crippen molar-refractivity contribution >= 4 is 28.8 Å². The van der Waals surface area contributed by atoms with E-state index in [2.05, 4.69) is 0 Å². The highest BCUT2D eigenvalue weighted by atomic mass is 16.6. The van der Waals surface area contributed by atoms with Crippen LogP contribution >= 0.6 is 0 Å². The highest BCUT2D eigenvalue weighted by molar-refractivity contribution is 6.36. The molecule has 2 amide bonds. The van der Waals surface area contributed by atoms with Crippen molar-refractivity contribution in [2.24, 2.45) is 0 Å². The van der Waals surface area contributed by atoms with Crippen molar-refractivity contribution < 1.29 is 14.5 Å².